The number of aromatic amines is 1. The highest BCUT2D eigenvalue weighted by Gasteiger charge is 2.16. The van der Waals surface area contributed by atoms with Gasteiger partial charge >= 0.3 is 0 Å². The van der Waals surface area contributed by atoms with E-state index >= 15 is 0 Å². The van der Waals surface area contributed by atoms with Gasteiger partial charge in [-0.1, -0.05) is 40.0 Å². The molecule has 1 aromatic heterocycles. The van der Waals surface area contributed by atoms with Gasteiger partial charge in [-0.05, 0) is 37.8 Å². The number of rotatable bonds is 8. The SMILES string of the molecule is CCCC[C@H](CC)NC(=O)c1cc(C)c(CCC)[nH]c1=O. The first kappa shape index (κ1) is 17.5. The molecule has 4 nitrogen and oxygen atoms in total. The number of carbonyl (C=O) groups excluding carboxylic acids is 1. The summed E-state index contributed by atoms with van der Waals surface area (Å²) in [5, 5.41) is 2.98. The molecule has 0 saturated carbocycles. The van der Waals surface area contributed by atoms with Gasteiger partial charge in [0.05, 0.1) is 0 Å². The van der Waals surface area contributed by atoms with Crippen molar-refractivity contribution in [3.8, 4) is 0 Å². The Hall–Kier alpha value is -1.58. The molecule has 0 radical (unpaired) electrons. The van der Waals surface area contributed by atoms with Gasteiger partial charge in [-0.3, -0.25) is 9.59 Å². The predicted octanol–water partition coefficient (Wildman–Crippen LogP) is 3.33. The molecular formula is C17H28N2O2. The first-order chi connectivity index (χ1) is 10.0. The number of unbranched alkanes of at least 4 members (excludes halogenated alkanes) is 1. The summed E-state index contributed by atoms with van der Waals surface area (Å²) in [6.07, 6.45) is 5.84. The number of hydrogen-bond acceptors (Lipinski definition) is 2. The molecule has 0 aliphatic carbocycles. The van der Waals surface area contributed by atoms with E-state index in [1.807, 2.05) is 6.92 Å². The summed E-state index contributed by atoms with van der Waals surface area (Å²) < 4.78 is 0. The van der Waals surface area contributed by atoms with Crippen LogP contribution in [0.1, 0.15) is 74.5 Å². The van der Waals surface area contributed by atoms with Crippen molar-refractivity contribution < 1.29 is 4.79 Å². The van der Waals surface area contributed by atoms with Crippen LogP contribution in [0.3, 0.4) is 0 Å². The second-order valence-electron chi connectivity index (χ2n) is 5.64. The molecule has 1 amide bonds. The number of pyridine rings is 1. The predicted molar refractivity (Wildman–Crippen MR) is 86.9 cm³/mol. The molecule has 1 atom stereocenters. The van der Waals surface area contributed by atoms with Gasteiger partial charge in [-0.25, -0.2) is 0 Å². The minimum absolute atomic E-state index is 0.146. The van der Waals surface area contributed by atoms with Crippen LogP contribution in [0.15, 0.2) is 10.9 Å². The highest BCUT2D eigenvalue weighted by Crippen LogP contribution is 2.09. The third-order valence-corrected chi connectivity index (χ3v) is 3.82. The Morgan fingerprint density at radius 3 is 2.57 bits per heavy atom. The zero-order valence-corrected chi connectivity index (χ0v) is 13.7. The second-order valence-corrected chi connectivity index (χ2v) is 5.64. The highest BCUT2D eigenvalue weighted by molar-refractivity contribution is 5.94. The lowest BCUT2D eigenvalue weighted by atomic mass is 10.1. The van der Waals surface area contributed by atoms with Crippen molar-refractivity contribution >= 4 is 5.91 Å². The molecule has 0 aromatic carbocycles. The number of carbonyl (C=O) groups is 1. The van der Waals surface area contributed by atoms with Crippen molar-refractivity contribution in [2.24, 2.45) is 0 Å². The van der Waals surface area contributed by atoms with Crippen LogP contribution in [0, 0.1) is 6.92 Å². The standard InChI is InChI=1S/C17H28N2O2/c1-5-8-10-13(7-3)18-16(20)14-11-12(4)15(9-6-2)19-17(14)21/h11,13H,5-10H2,1-4H3,(H,18,20)(H,19,21)/t13-/m0/s1. The van der Waals surface area contributed by atoms with Crippen LogP contribution in [0.5, 0.6) is 0 Å². The number of aryl methyl sites for hydroxylation is 2. The van der Waals surface area contributed by atoms with Gasteiger partial charge in [-0.15, -0.1) is 0 Å². The molecule has 21 heavy (non-hydrogen) atoms. The molecule has 4 heteroatoms. The Morgan fingerprint density at radius 1 is 1.29 bits per heavy atom. The number of amides is 1. The van der Waals surface area contributed by atoms with E-state index in [1.54, 1.807) is 6.07 Å². The van der Waals surface area contributed by atoms with Gasteiger partial charge in [0.1, 0.15) is 5.56 Å². The van der Waals surface area contributed by atoms with Crippen LogP contribution in [0.25, 0.3) is 0 Å². The van der Waals surface area contributed by atoms with E-state index in [1.165, 1.54) is 0 Å². The van der Waals surface area contributed by atoms with Gasteiger partial charge in [0.2, 0.25) is 0 Å². The maximum absolute atomic E-state index is 12.3. The fourth-order valence-corrected chi connectivity index (χ4v) is 2.44. The van der Waals surface area contributed by atoms with Gasteiger partial charge in [0, 0.05) is 11.7 Å². The molecule has 0 spiro atoms. The Bertz CT molecular complexity index is 520. The smallest absolute Gasteiger partial charge is 0.261 e. The first-order valence-electron chi connectivity index (χ1n) is 8.07. The van der Waals surface area contributed by atoms with Crippen LogP contribution < -0.4 is 10.9 Å². The summed E-state index contributed by atoms with van der Waals surface area (Å²) >= 11 is 0. The average Bonchev–Trinajstić information content (AvgIpc) is 2.46. The highest BCUT2D eigenvalue weighted by atomic mass is 16.2. The molecule has 0 bridgehead atoms. The van der Waals surface area contributed by atoms with E-state index in [0.717, 1.165) is 49.8 Å². The molecule has 0 saturated heterocycles. The normalized spacial score (nSPS) is 12.2. The monoisotopic (exact) mass is 292 g/mol. The zero-order valence-electron chi connectivity index (χ0n) is 13.7. The maximum atomic E-state index is 12.3. The second kappa shape index (κ2) is 8.65. The van der Waals surface area contributed by atoms with E-state index < -0.39 is 0 Å². The molecule has 1 rings (SSSR count). The molecule has 0 aliphatic rings. The Balaban J connectivity index is 2.87. The van der Waals surface area contributed by atoms with E-state index in [0.29, 0.717) is 0 Å². The van der Waals surface area contributed by atoms with Gasteiger partial charge in [-0.2, -0.15) is 0 Å². The Morgan fingerprint density at radius 2 is 2.00 bits per heavy atom. The number of nitrogens with one attached hydrogen (secondary N) is 2. The van der Waals surface area contributed by atoms with Crippen LogP contribution in [0.4, 0.5) is 0 Å². The fraction of sp³-hybridized carbons (Fsp3) is 0.647. The van der Waals surface area contributed by atoms with Crippen molar-refractivity contribution in [2.75, 3.05) is 0 Å². The van der Waals surface area contributed by atoms with Gasteiger partial charge in [0.15, 0.2) is 0 Å². The third-order valence-electron chi connectivity index (χ3n) is 3.82. The largest absolute Gasteiger partial charge is 0.349 e. The minimum Gasteiger partial charge on any atom is -0.349 e. The average molecular weight is 292 g/mol. The molecule has 1 heterocycles. The molecule has 1 aromatic rings. The number of aromatic nitrogens is 1. The van der Waals surface area contributed by atoms with E-state index in [9.17, 15) is 9.59 Å². The van der Waals surface area contributed by atoms with Gasteiger partial charge in [0.25, 0.3) is 11.5 Å². The molecule has 0 fully saturated rings. The summed E-state index contributed by atoms with van der Waals surface area (Å²) in [4.78, 5) is 27.2. The Labute approximate surface area is 127 Å². The quantitative estimate of drug-likeness (QED) is 0.772. The summed E-state index contributed by atoms with van der Waals surface area (Å²) in [5.74, 6) is -0.259. The van der Waals surface area contributed by atoms with Crippen LogP contribution >= 0.6 is 0 Å². The topological polar surface area (TPSA) is 62.0 Å². The van der Waals surface area contributed by atoms with Crippen LogP contribution in [-0.4, -0.2) is 16.9 Å². The summed E-state index contributed by atoms with van der Waals surface area (Å²) in [5.41, 5.74) is 1.84. The number of H-pyrrole nitrogens is 1. The lowest BCUT2D eigenvalue weighted by Gasteiger charge is -2.16. The van der Waals surface area contributed by atoms with E-state index in [-0.39, 0.29) is 23.1 Å². The van der Waals surface area contributed by atoms with Crippen molar-refractivity contribution in [1.82, 2.24) is 10.3 Å². The van der Waals surface area contributed by atoms with E-state index in [2.05, 4.69) is 31.1 Å². The van der Waals surface area contributed by atoms with Crippen molar-refractivity contribution in [3.63, 3.8) is 0 Å². The molecule has 2 N–H and O–H groups in total. The lowest BCUT2D eigenvalue weighted by molar-refractivity contribution is 0.0931. The molecule has 0 unspecified atom stereocenters. The third kappa shape index (κ3) is 5.03. The molecule has 118 valence electrons. The number of hydrogen-bond donors (Lipinski definition) is 2. The summed E-state index contributed by atoms with van der Waals surface area (Å²) in [7, 11) is 0. The van der Waals surface area contributed by atoms with Crippen molar-refractivity contribution in [1.29, 1.82) is 0 Å². The first-order valence-corrected chi connectivity index (χ1v) is 8.07. The Kier molecular flexibility index (Phi) is 7.20. The fourth-order valence-electron chi connectivity index (χ4n) is 2.44. The van der Waals surface area contributed by atoms with Crippen molar-refractivity contribution in [3.05, 3.63) is 33.2 Å². The summed E-state index contributed by atoms with van der Waals surface area (Å²) in [6.45, 7) is 8.19. The van der Waals surface area contributed by atoms with Crippen LogP contribution in [-0.2, 0) is 6.42 Å². The maximum Gasteiger partial charge on any atom is 0.261 e. The van der Waals surface area contributed by atoms with Crippen molar-refractivity contribution in [2.45, 2.75) is 72.3 Å². The molecular weight excluding hydrogens is 264 g/mol. The zero-order chi connectivity index (χ0) is 15.8. The molecule has 0 aliphatic heterocycles. The minimum atomic E-state index is -0.285. The van der Waals surface area contributed by atoms with Gasteiger partial charge < -0.3 is 10.3 Å². The summed E-state index contributed by atoms with van der Waals surface area (Å²) in [6, 6.07) is 1.86. The lowest BCUT2D eigenvalue weighted by Crippen LogP contribution is -2.37. The van der Waals surface area contributed by atoms with Crippen LogP contribution in [0.2, 0.25) is 0 Å². The van der Waals surface area contributed by atoms with E-state index in [4.69, 9.17) is 0 Å².